The number of likely N-dealkylation sites (N-methyl/N-ethyl adjacent to an activating group) is 1. The summed E-state index contributed by atoms with van der Waals surface area (Å²) in [5, 5.41) is 0. The number of esters is 1. The number of hydrogen-bond donors (Lipinski definition) is 0. The third-order valence-corrected chi connectivity index (χ3v) is 5.68. The van der Waals surface area contributed by atoms with E-state index in [1.165, 1.54) is 22.8 Å². The molecule has 0 radical (unpaired) electrons. The van der Waals surface area contributed by atoms with Crippen LogP contribution < -0.4 is 14.8 Å². The van der Waals surface area contributed by atoms with Crippen molar-refractivity contribution in [3.8, 4) is 0 Å². The maximum Gasteiger partial charge on any atom is 0.333 e. The topological polar surface area (TPSA) is 68.6 Å². The van der Waals surface area contributed by atoms with Gasteiger partial charge in [-0.05, 0) is 39.0 Å². The van der Waals surface area contributed by atoms with E-state index < -0.39 is 17.3 Å². The van der Waals surface area contributed by atoms with E-state index in [4.69, 9.17) is 4.74 Å². The van der Waals surface area contributed by atoms with E-state index in [1.807, 2.05) is 13.8 Å². The molecule has 0 fully saturated rings. The molecule has 9 heteroatoms. The standard InChI is InChI=1S/C20H22BrFN2O4S/c1-4-23(5-2)17(25)12-24-18(11-19(26)28-6-3)29-16(20(24)27)9-13-7-8-14(21)10-15(13)22/h7-11H,4-6,12H2,1-3H3/b16-9-,18-11-. The number of aromatic nitrogens is 1. The van der Waals surface area contributed by atoms with Crippen molar-refractivity contribution >= 4 is 51.3 Å². The first-order chi connectivity index (χ1) is 13.8. The van der Waals surface area contributed by atoms with Crippen LogP contribution in [-0.4, -0.2) is 41.0 Å². The molecule has 29 heavy (non-hydrogen) atoms. The molecule has 156 valence electrons. The summed E-state index contributed by atoms with van der Waals surface area (Å²) in [6.45, 7) is 6.36. The molecule has 2 rings (SSSR count). The fourth-order valence-corrected chi connectivity index (χ4v) is 4.00. The minimum absolute atomic E-state index is 0.187. The average molecular weight is 485 g/mol. The Balaban J connectivity index is 2.62. The van der Waals surface area contributed by atoms with E-state index in [-0.39, 0.29) is 33.8 Å². The van der Waals surface area contributed by atoms with Crippen LogP contribution in [0.15, 0.2) is 27.5 Å². The summed E-state index contributed by atoms with van der Waals surface area (Å²) in [7, 11) is 0. The van der Waals surface area contributed by atoms with Gasteiger partial charge in [0.15, 0.2) is 0 Å². The highest BCUT2D eigenvalue weighted by molar-refractivity contribution is 9.10. The lowest BCUT2D eigenvalue weighted by Gasteiger charge is -2.18. The summed E-state index contributed by atoms with van der Waals surface area (Å²) in [4.78, 5) is 38.9. The monoisotopic (exact) mass is 484 g/mol. The normalized spacial score (nSPS) is 12.3. The molecule has 0 aliphatic carbocycles. The highest BCUT2D eigenvalue weighted by Gasteiger charge is 2.15. The van der Waals surface area contributed by atoms with Crippen LogP contribution in [0, 0.1) is 5.82 Å². The van der Waals surface area contributed by atoms with Gasteiger partial charge in [-0.15, -0.1) is 11.3 Å². The van der Waals surface area contributed by atoms with Gasteiger partial charge in [-0.1, -0.05) is 22.0 Å². The van der Waals surface area contributed by atoms with E-state index >= 15 is 0 Å². The predicted molar refractivity (Wildman–Crippen MR) is 115 cm³/mol. The molecule has 1 heterocycles. The van der Waals surface area contributed by atoms with Gasteiger partial charge in [-0.3, -0.25) is 14.2 Å². The molecular formula is C20H22BrFN2O4S. The van der Waals surface area contributed by atoms with Gasteiger partial charge < -0.3 is 9.64 Å². The Bertz CT molecular complexity index is 1070. The molecule has 0 aliphatic rings. The molecule has 0 saturated carbocycles. The van der Waals surface area contributed by atoms with Gasteiger partial charge in [0, 0.05) is 23.1 Å². The molecule has 0 atom stereocenters. The largest absolute Gasteiger partial charge is 0.463 e. The van der Waals surface area contributed by atoms with Gasteiger partial charge in [0.2, 0.25) is 5.91 Å². The van der Waals surface area contributed by atoms with Crippen LogP contribution in [-0.2, 0) is 20.9 Å². The number of hydrogen-bond acceptors (Lipinski definition) is 5. The van der Waals surface area contributed by atoms with Crippen molar-refractivity contribution < 1.29 is 18.7 Å². The Morgan fingerprint density at radius 3 is 2.55 bits per heavy atom. The SMILES string of the molecule is CCOC(=O)/C=c1\s/c(=C\c2ccc(Br)cc2F)c(=O)n1CC(=O)N(CC)CC. The number of carbonyl (C=O) groups is 2. The maximum atomic E-state index is 14.2. The van der Waals surface area contributed by atoms with Crippen molar-refractivity contribution in [2.24, 2.45) is 0 Å². The van der Waals surface area contributed by atoms with Crippen LogP contribution in [0.25, 0.3) is 12.2 Å². The van der Waals surface area contributed by atoms with Gasteiger partial charge in [0.1, 0.15) is 17.0 Å². The van der Waals surface area contributed by atoms with Gasteiger partial charge in [-0.25, -0.2) is 9.18 Å². The zero-order valence-electron chi connectivity index (χ0n) is 16.4. The third-order valence-electron chi connectivity index (χ3n) is 4.12. The molecule has 2 aromatic rings. The number of ether oxygens (including phenoxy) is 1. The number of benzene rings is 1. The van der Waals surface area contributed by atoms with Crippen LogP contribution in [0.1, 0.15) is 26.3 Å². The van der Waals surface area contributed by atoms with Crippen molar-refractivity contribution in [3.63, 3.8) is 0 Å². The van der Waals surface area contributed by atoms with Gasteiger partial charge in [0.25, 0.3) is 5.56 Å². The Labute approximate surface area is 180 Å². The fourth-order valence-electron chi connectivity index (χ4n) is 2.65. The zero-order chi connectivity index (χ0) is 21.6. The smallest absolute Gasteiger partial charge is 0.333 e. The molecule has 0 unspecified atom stereocenters. The minimum Gasteiger partial charge on any atom is -0.463 e. The molecule has 1 aromatic heterocycles. The van der Waals surface area contributed by atoms with Crippen molar-refractivity contribution in [1.29, 1.82) is 0 Å². The van der Waals surface area contributed by atoms with Crippen LogP contribution in [0.3, 0.4) is 0 Å². The lowest BCUT2D eigenvalue weighted by atomic mass is 10.2. The lowest BCUT2D eigenvalue weighted by molar-refractivity contribution is -0.135. The first-order valence-corrected chi connectivity index (χ1v) is 10.7. The van der Waals surface area contributed by atoms with Crippen molar-refractivity contribution in [1.82, 2.24) is 9.47 Å². The second-order valence-electron chi connectivity index (χ2n) is 5.97. The molecule has 1 amide bonds. The summed E-state index contributed by atoms with van der Waals surface area (Å²) < 4.78 is 21.4. The average Bonchev–Trinajstić information content (AvgIpc) is 2.94. The summed E-state index contributed by atoms with van der Waals surface area (Å²) in [5.74, 6) is -1.34. The van der Waals surface area contributed by atoms with Gasteiger partial charge in [-0.2, -0.15) is 0 Å². The molecule has 0 N–H and O–H groups in total. The Hall–Kier alpha value is -2.26. The van der Waals surface area contributed by atoms with Gasteiger partial charge >= 0.3 is 5.97 Å². The van der Waals surface area contributed by atoms with E-state index in [2.05, 4.69) is 15.9 Å². The lowest BCUT2D eigenvalue weighted by Crippen LogP contribution is -2.40. The summed E-state index contributed by atoms with van der Waals surface area (Å²) in [5.41, 5.74) is -0.232. The van der Waals surface area contributed by atoms with Crippen molar-refractivity contribution in [2.75, 3.05) is 19.7 Å². The first-order valence-electron chi connectivity index (χ1n) is 9.13. The minimum atomic E-state index is -0.612. The van der Waals surface area contributed by atoms with E-state index in [0.717, 1.165) is 11.3 Å². The van der Waals surface area contributed by atoms with Crippen LogP contribution >= 0.6 is 27.3 Å². The van der Waals surface area contributed by atoms with Crippen LogP contribution in [0.4, 0.5) is 4.39 Å². The molecule has 0 aliphatic heterocycles. The van der Waals surface area contributed by atoms with Crippen LogP contribution in [0.5, 0.6) is 0 Å². The second kappa shape index (κ2) is 10.5. The summed E-state index contributed by atoms with van der Waals surface area (Å²) in [6.07, 6.45) is 2.59. The molecule has 0 saturated heterocycles. The number of carbonyl (C=O) groups excluding carboxylic acids is 2. The molecule has 0 spiro atoms. The molecule has 6 nitrogen and oxygen atoms in total. The quantitative estimate of drug-likeness (QED) is 0.562. The first kappa shape index (κ1) is 23.0. The predicted octanol–water partition coefficient (Wildman–Crippen LogP) is 1.85. The second-order valence-corrected chi connectivity index (χ2v) is 7.95. The number of rotatable bonds is 7. The highest BCUT2D eigenvalue weighted by Crippen LogP contribution is 2.15. The summed E-state index contributed by atoms with van der Waals surface area (Å²) >= 11 is 4.20. The van der Waals surface area contributed by atoms with Crippen LogP contribution in [0.2, 0.25) is 0 Å². The molecule has 0 bridgehead atoms. The Morgan fingerprint density at radius 1 is 1.28 bits per heavy atom. The number of thiazole rings is 1. The zero-order valence-corrected chi connectivity index (χ0v) is 18.8. The van der Waals surface area contributed by atoms with E-state index in [9.17, 15) is 18.8 Å². The van der Waals surface area contributed by atoms with Crippen molar-refractivity contribution in [2.45, 2.75) is 27.3 Å². The van der Waals surface area contributed by atoms with Gasteiger partial charge in [0.05, 0.1) is 17.2 Å². The summed E-state index contributed by atoms with van der Waals surface area (Å²) in [6, 6.07) is 4.50. The highest BCUT2D eigenvalue weighted by atomic mass is 79.9. The van der Waals surface area contributed by atoms with Crippen molar-refractivity contribution in [3.05, 3.63) is 53.6 Å². The third kappa shape index (κ3) is 5.86. The Morgan fingerprint density at radius 2 is 1.97 bits per heavy atom. The number of halogens is 2. The molecule has 1 aromatic carbocycles. The maximum absolute atomic E-state index is 14.2. The fraction of sp³-hybridized carbons (Fsp3) is 0.350. The number of nitrogens with zero attached hydrogens (tertiary/aromatic N) is 2. The van der Waals surface area contributed by atoms with E-state index in [0.29, 0.717) is 17.6 Å². The van der Waals surface area contributed by atoms with E-state index in [1.54, 1.807) is 24.0 Å². The molecular weight excluding hydrogens is 463 g/mol. The Kier molecular flexibility index (Phi) is 8.33. The number of amides is 1.